The Hall–Kier alpha value is -2.37. The van der Waals surface area contributed by atoms with Crippen LogP contribution in [-0.4, -0.2) is 41.9 Å². The van der Waals surface area contributed by atoms with Gasteiger partial charge in [-0.05, 0) is 37.3 Å². The van der Waals surface area contributed by atoms with E-state index in [4.69, 9.17) is 4.74 Å². The molecule has 2 aliphatic rings. The number of rotatable bonds is 5. The van der Waals surface area contributed by atoms with Crippen molar-refractivity contribution in [3.05, 3.63) is 29.8 Å². The van der Waals surface area contributed by atoms with E-state index in [1.54, 1.807) is 12.1 Å². The fourth-order valence-corrected chi connectivity index (χ4v) is 4.29. The Bertz CT molecular complexity index is 731. The van der Waals surface area contributed by atoms with Gasteiger partial charge in [0.2, 0.25) is 5.91 Å². The lowest BCUT2D eigenvalue weighted by atomic mass is 9.77. The van der Waals surface area contributed by atoms with Crippen LogP contribution in [0.15, 0.2) is 24.3 Å². The van der Waals surface area contributed by atoms with E-state index in [2.05, 4.69) is 19.2 Å². The lowest BCUT2D eigenvalue weighted by molar-refractivity contribution is -0.151. The third kappa shape index (κ3) is 4.72. The number of likely N-dealkylation sites (tertiary alicyclic amines) is 1. The smallest absolute Gasteiger partial charge is 0.311 e. The fourth-order valence-electron chi connectivity index (χ4n) is 4.29. The molecule has 3 rings (SSSR count). The highest BCUT2D eigenvalue weighted by Gasteiger charge is 2.42. The number of anilines is 1. The molecule has 4 atom stereocenters. The second kappa shape index (κ2) is 8.76. The fraction of sp³-hybridized carbons (Fsp3) is 0.591. The molecule has 0 radical (unpaired) electrons. The van der Waals surface area contributed by atoms with E-state index in [-0.39, 0.29) is 30.9 Å². The Balaban J connectivity index is 1.49. The van der Waals surface area contributed by atoms with Crippen molar-refractivity contribution in [2.24, 2.45) is 17.8 Å². The van der Waals surface area contributed by atoms with Crippen molar-refractivity contribution >= 4 is 23.5 Å². The molecule has 1 saturated carbocycles. The normalized spacial score (nSPS) is 27.5. The van der Waals surface area contributed by atoms with Gasteiger partial charge in [-0.1, -0.05) is 44.4 Å². The van der Waals surface area contributed by atoms with Crippen LogP contribution in [0.25, 0.3) is 0 Å². The first-order chi connectivity index (χ1) is 13.3. The molecule has 1 aliphatic carbocycles. The molecule has 0 bridgehead atoms. The van der Waals surface area contributed by atoms with Crippen LogP contribution in [-0.2, 0) is 19.1 Å². The van der Waals surface area contributed by atoms with Crippen molar-refractivity contribution in [1.29, 1.82) is 0 Å². The maximum absolute atomic E-state index is 12.5. The van der Waals surface area contributed by atoms with Gasteiger partial charge in [0.15, 0.2) is 6.61 Å². The van der Waals surface area contributed by atoms with Crippen molar-refractivity contribution < 1.29 is 19.1 Å². The Morgan fingerprint density at radius 3 is 2.61 bits per heavy atom. The van der Waals surface area contributed by atoms with Crippen LogP contribution in [0.4, 0.5) is 5.69 Å². The molecule has 6 nitrogen and oxygen atoms in total. The highest BCUT2D eigenvalue weighted by molar-refractivity contribution is 5.93. The zero-order chi connectivity index (χ0) is 20.3. The van der Waals surface area contributed by atoms with E-state index in [1.165, 1.54) is 6.42 Å². The Morgan fingerprint density at radius 2 is 1.89 bits per heavy atom. The minimum absolute atomic E-state index is 0.0250. The molecule has 0 unspecified atom stereocenters. The molecule has 0 aromatic heterocycles. The standard InChI is InChI=1S/C22H30N2O4/c1-14-7-9-18(10-8-14)23-20(25)13-28-22(27)17-11-21(26)24(12-17)19-6-4-5-15(2)16(19)3/h7-10,15-17,19H,4-6,11-13H2,1-3H3,(H,23,25)/t15-,16-,17-,19-/m0/s1. The number of hydrogen-bond acceptors (Lipinski definition) is 4. The van der Waals surface area contributed by atoms with E-state index < -0.39 is 11.9 Å². The zero-order valence-electron chi connectivity index (χ0n) is 16.9. The molecule has 2 amide bonds. The molecule has 1 heterocycles. The van der Waals surface area contributed by atoms with Gasteiger partial charge in [-0.15, -0.1) is 0 Å². The Labute approximate surface area is 166 Å². The van der Waals surface area contributed by atoms with E-state index >= 15 is 0 Å². The molecular formula is C22H30N2O4. The first-order valence-corrected chi connectivity index (χ1v) is 10.2. The average Bonchev–Trinajstić information content (AvgIpc) is 3.05. The van der Waals surface area contributed by atoms with Gasteiger partial charge in [0.05, 0.1) is 5.92 Å². The van der Waals surface area contributed by atoms with Crippen molar-refractivity contribution in [3.8, 4) is 0 Å². The summed E-state index contributed by atoms with van der Waals surface area (Å²) < 4.78 is 5.19. The topological polar surface area (TPSA) is 75.7 Å². The Morgan fingerprint density at radius 1 is 1.18 bits per heavy atom. The highest BCUT2D eigenvalue weighted by Crippen LogP contribution is 2.35. The van der Waals surface area contributed by atoms with Crippen LogP contribution in [0.5, 0.6) is 0 Å². The first kappa shape index (κ1) is 20.4. The van der Waals surface area contributed by atoms with Crippen LogP contribution in [0, 0.1) is 24.7 Å². The third-order valence-corrected chi connectivity index (χ3v) is 6.24. The number of amides is 2. The summed E-state index contributed by atoms with van der Waals surface area (Å²) in [4.78, 5) is 38.8. The summed E-state index contributed by atoms with van der Waals surface area (Å²) in [6, 6.07) is 7.60. The number of benzene rings is 1. The molecule has 6 heteroatoms. The van der Waals surface area contributed by atoms with Crippen molar-refractivity contribution in [1.82, 2.24) is 4.90 Å². The molecular weight excluding hydrogens is 356 g/mol. The van der Waals surface area contributed by atoms with E-state index in [9.17, 15) is 14.4 Å². The van der Waals surface area contributed by atoms with Crippen LogP contribution < -0.4 is 5.32 Å². The molecule has 1 aliphatic heterocycles. The summed E-state index contributed by atoms with van der Waals surface area (Å²) in [5, 5.41) is 2.70. The van der Waals surface area contributed by atoms with Crippen molar-refractivity contribution in [3.63, 3.8) is 0 Å². The lowest BCUT2D eigenvalue weighted by Gasteiger charge is -2.39. The second-order valence-corrected chi connectivity index (χ2v) is 8.30. The third-order valence-electron chi connectivity index (χ3n) is 6.24. The lowest BCUT2D eigenvalue weighted by Crippen LogP contribution is -2.45. The van der Waals surface area contributed by atoms with Crippen molar-refractivity contribution in [2.45, 2.75) is 52.5 Å². The molecule has 1 saturated heterocycles. The van der Waals surface area contributed by atoms with Crippen LogP contribution >= 0.6 is 0 Å². The second-order valence-electron chi connectivity index (χ2n) is 8.30. The summed E-state index contributed by atoms with van der Waals surface area (Å²) in [5.74, 6) is -0.281. The number of esters is 1. The summed E-state index contributed by atoms with van der Waals surface area (Å²) in [6.45, 7) is 6.46. The highest BCUT2D eigenvalue weighted by atomic mass is 16.5. The zero-order valence-corrected chi connectivity index (χ0v) is 16.9. The van der Waals surface area contributed by atoms with Crippen molar-refractivity contribution in [2.75, 3.05) is 18.5 Å². The van der Waals surface area contributed by atoms with Gasteiger partial charge in [0, 0.05) is 24.7 Å². The van der Waals surface area contributed by atoms with Crippen LogP contribution in [0.1, 0.15) is 45.1 Å². The van der Waals surface area contributed by atoms with Gasteiger partial charge in [-0.3, -0.25) is 14.4 Å². The number of hydrogen-bond donors (Lipinski definition) is 1. The van der Waals surface area contributed by atoms with E-state index in [0.29, 0.717) is 24.1 Å². The molecule has 1 aromatic rings. The number of carbonyl (C=O) groups excluding carboxylic acids is 3. The maximum atomic E-state index is 12.5. The SMILES string of the molecule is Cc1ccc(NC(=O)COC(=O)[C@H]2CC(=O)N([C@H]3CCC[C@H](C)[C@@H]3C)C2)cc1. The minimum Gasteiger partial charge on any atom is -0.455 e. The maximum Gasteiger partial charge on any atom is 0.311 e. The number of carbonyl (C=O) groups is 3. The van der Waals surface area contributed by atoms with Gasteiger partial charge in [0.1, 0.15) is 0 Å². The summed E-state index contributed by atoms with van der Waals surface area (Å²) in [7, 11) is 0. The largest absolute Gasteiger partial charge is 0.455 e. The van der Waals surface area contributed by atoms with Crippen LogP contribution in [0.3, 0.4) is 0 Å². The molecule has 28 heavy (non-hydrogen) atoms. The number of nitrogens with zero attached hydrogens (tertiary/aromatic N) is 1. The van der Waals surface area contributed by atoms with Gasteiger partial charge in [-0.25, -0.2) is 0 Å². The number of nitrogens with one attached hydrogen (secondary N) is 1. The summed E-state index contributed by atoms with van der Waals surface area (Å²) in [5.41, 5.74) is 1.76. The van der Waals surface area contributed by atoms with Gasteiger partial charge >= 0.3 is 5.97 Å². The molecule has 1 aromatic carbocycles. The van der Waals surface area contributed by atoms with E-state index in [0.717, 1.165) is 18.4 Å². The van der Waals surface area contributed by atoms with Gasteiger partial charge in [0.25, 0.3) is 5.91 Å². The Kier molecular flexibility index (Phi) is 6.37. The monoisotopic (exact) mass is 386 g/mol. The molecule has 1 N–H and O–H groups in total. The first-order valence-electron chi connectivity index (χ1n) is 10.2. The quantitative estimate of drug-likeness (QED) is 0.789. The molecule has 2 fully saturated rings. The van der Waals surface area contributed by atoms with Crippen LogP contribution in [0.2, 0.25) is 0 Å². The minimum atomic E-state index is -0.482. The predicted octanol–water partition coefficient (Wildman–Crippen LogP) is 3.15. The molecule has 152 valence electrons. The number of ether oxygens (including phenoxy) is 1. The predicted molar refractivity (Wildman–Crippen MR) is 107 cm³/mol. The van der Waals surface area contributed by atoms with Gasteiger partial charge in [-0.2, -0.15) is 0 Å². The average molecular weight is 386 g/mol. The van der Waals surface area contributed by atoms with E-state index in [1.807, 2.05) is 24.0 Å². The summed E-state index contributed by atoms with van der Waals surface area (Å²) in [6.07, 6.45) is 3.49. The summed E-state index contributed by atoms with van der Waals surface area (Å²) >= 11 is 0. The molecule has 0 spiro atoms. The van der Waals surface area contributed by atoms with Gasteiger partial charge < -0.3 is 15.0 Å². The number of aryl methyl sites for hydroxylation is 1.